The van der Waals surface area contributed by atoms with E-state index in [2.05, 4.69) is 47.3 Å². The molecule has 0 N–H and O–H groups in total. The summed E-state index contributed by atoms with van der Waals surface area (Å²) < 4.78 is 1.71. The Morgan fingerprint density at radius 2 is 1.24 bits per heavy atom. The summed E-state index contributed by atoms with van der Waals surface area (Å²) in [5, 5.41) is 0.430. The SMILES string of the molecule is CC1=C(C)C(C)([Si](C)(C)C)[C]([Zr+3])=C1C.[Cl-].[Cl-].[Cl-]. The average Bonchev–Trinajstić information content (AvgIpc) is 2.21. The van der Waals surface area contributed by atoms with Crippen LogP contribution in [0.1, 0.15) is 27.7 Å². The molecule has 0 radical (unpaired) electrons. The molecule has 1 atom stereocenters. The Labute approximate surface area is 141 Å². The summed E-state index contributed by atoms with van der Waals surface area (Å²) in [4.78, 5) is 0. The van der Waals surface area contributed by atoms with Crippen LogP contribution in [0.3, 0.4) is 0 Å². The van der Waals surface area contributed by atoms with Crippen molar-refractivity contribution in [3.8, 4) is 0 Å². The van der Waals surface area contributed by atoms with Gasteiger partial charge in [0.05, 0.1) is 0 Å². The number of hydrogen-bond acceptors (Lipinski definition) is 0. The third-order valence-electron chi connectivity index (χ3n) is 4.25. The average molecular weight is 391 g/mol. The first kappa shape index (κ1) is 23.5. The Morgan fingerprint density at radius 1 is 0.882 bits per heavy atom. The Morgan fingerprint density at radius 3 is 1.35 bits per heavy atom. The van der Waals surface area contributed by atoms with Crippen LogP contribution in [0.2, 0.25) is 24.7 Å². The summed E-state index contributed by atoms with van der Waals surface area (Å²) in [6.07, 6.45) is 0. The zero-order valence-electron chi connectivity index (χ0n) is 11.6. The van der Waals surface area contributed by atoms with Gasteiger partial charge in [-0.25, -0.2) is 0 Å². The Bertz CT molecular complexity index is 316. The molecule has 0 aliphatic heterocycles. The molecule has 0 heterocycles. The Kier molecular flexibility index (Phi) is 10.1. The summed E-state index contributed by atoms with van der Waals surface area (Å²) in [5.41, 5.74) is 4.77. The molecule has 0 spiro atoms. The largest absolute Gasteiger partial charge is 1.00 e. The van der Waals surface area contributed by atoms with Crippen LogP contribution in [-0.2, 0) is 24.7 Å². The van der Waals surface area contributed by atoms with Crippen molar-refractivity contribution in [1.82, 2.24) is 0 Å². The van der Waals surface area contributed by atoms with Gasteiger partial charge in [-0.2, -0.15) is 0 Å². The molecule has 5 heteroatoms. The molecule has 17 heavy (non-hydrogen) atoms. The minimum atomic E-state index is -1.15. The zero-order chi connectivity index (χ0) is 11.3. The van der Waals surface area contributed by atoms with Crippen LogP contribution < -0.4 is 37.2 Å². The fourth-order valence-electron chi connectivity index (χ4n) is 2.34. The van der Waals surface area contributed by atoms with E-state index in [1.54, 1.807) is 44.7 Å². The maximum atomic E-state index is 2.49. The van der Waals surface area contributed by atoms with Gasteiger partial charge in [-0.05, 0) is 0 Å². The summed E-state index contributed by atoms with van der Waals surface area (Å²) in [5.74, 6) is 0. The van der Waals surface area contributed by atoms with Gasteiger partial charge < -0.3 is 37.2 Å². The van der Waals surface area contributed by atoms with E-state index in [9.17, 15) is 0 Å². The molecular formula is C12H21Cl3SiZr. The molecule has 0 bridgehead atoms. The predicted molar refractivity (Wildman–Crippen MR) is 62.8 cm³/mol. The molecule has 0 amide bonds. The molecule has 0 fully saturated rings. The van der Waals surface area contributed by atoms with Gasteiger partial charge in [0.2, 0.25) is 0 Å². The van der Waals surface area contributed by atoms with Gasteiger partial charge in [-0.1, -0.05) is 0 Å². The van der Waals surface area contributed by atoms with E-state index in [4.69, 9.17) is 0 Å². The van der Waals surface area contributed by atoms with E-state index in [1.165, 1.54) is 0 Å². The first-order valence-electron chi connectivity index (χ1n) is 5.25. The molecule has 1 rings (SSSR count). The Balaban J connectivity index is -0.000000653. The predicted octanol–water partition coefficient (Wildman–Crippen LogP) is -4.73. The second kappa shape index (κ2) is 7.29. The minimum Gasteiger partial charge on any atom is -1.00 e. The molecule has 0 saturated heterocycles. The quantitative estimate of drug-likeness (QED) is 0.395. The Hall–Kier alpha value is 1.45. The molecule has 0 saturated carbocycles. The van der Waals surface area contributed by atoms with Crippen molar-refractivity contribution in [1.29, 1.82) is 0 Å². The van der Waals surface area contributed by atoms with Crippen LogP contribution in [0.15, 0.2) is 20.0 Å². The van der Waals surface area contributed by atoms with Crippen LogP contribution in [0.25, 0.3) is 0 Å². The number of hydrogen-bond donors (Lipinski definition) is 0. The van der Waals surface area contributed by atoms with E-state index in [-0.39, 0.29) is 37.2 Å². The summed E-state index contributed by atoms with van der Waals surface area (Å²) in [6.45, 7) is 16.9. The molecular weight excluding hydrogens is 370 g/mol. The van der Waals surface area contributed by atoms with Gasteiger partial charge in [0, 0.05) is 0 Å². The maximum absolute atomic E-state index is 2.49. The molecule has 0 aromatic rings. The van der Waals surface area contributed by atoms with E-state index in [0.717, 1.165) is 0 Å². The topological polar surface area (TPSA) is 0 Å². The van der Waals surface area contributed by atoms with Crippen molar-refractivity contribution >= 4 is 8.07 Å². The molecule has 0 nitrogen and oxygen atoms in total. The normalized spacial score (nSPS) is 24.1. The van der Waals surface area contributed by atoms with Crippen LogP contribution in [0.4, 0.5) is 0 Å². The van der Waals surface area contributed by atoms with Crippen molar-refractivity contribution in [2.75, 3.05) is 0 Å². The van der Waals surface area contributed by atoms with Gasteiger partial charge in [-0.15, -0.1) is 0 Å². The summed E-state index contributed by atoms with van der Waals surface area (Å²) in [7, 11) is -1.15. The number of allylic oxidation sites excluding steroid dienone is 4. The fraction of sp³-hybridized carbons (Fsp3) is 0.667. The molecule has 0 aromatic heterocycles. The van der Waals surface area contributed by atoms with Crippen molar-refractivity contribution in [3.63, 3.8) is 0 Å². The third kappa shape index (κ3) is 3.51. The first-order chi connectivity index (χ1) is 6.14. The second-order valence-corrected chi connectivity index (χ2v) is 12.4. The van der Waals surface area contributed by atoms with Crippen LogP contribution in [-0.4, -0.2) is 8.07 Å². The van der Waals surface area contributed by atoms with Gasteiger partial charge in [0.1, 0.15) is 0 Å². The van der Waals surface area contributed by atoms with Crippen molar-refractivity contribution in [3.05, 3.63) is 20.0 Å². The van der Waals surface area contributed by atoms with E-state index < -0.39 is 8.07 Å². The molecule has 1 aliphatic rings. The molecule has 1 unspecified atom stereocenters. The van der Waals surface area contributed by atoms with Crippen LogP contribution in [0, 0.1) is 0 Å². The van der Waals surface area contributed by atoms with Gasteiger partial charge >= 0.3 is 105 Å². The summed E-state index contributed by atoms with van der Waals surface area (Å²) in [6, 6.07) is 0. The second-order valence-electron chi connectivity index (χ2n) is 5.62. The number of rotatable bonds is 1. The molecule has 98 valence electrons. The van der Waals surface area contributed by atoms with Crippen LogP contribution >= 0.6 is 0 Å². The van der Waals surface area contributed by atoms with E-state index >= 15 is 0 Å². The minimum absolute atomic E-state index is 0. The van der Waals surface area contributed by atoms with E-state index in [0.29, 0.717) is 5.04 Å². The zero-order valence-corrected chi connectivity index (χ0v) is 17.4. The van der Waals surface area contributed by atoms with Gasteiger partial charge in [0.15, 0.2) is 0 Å². The standard InChI is InChI=1S/C12H21Si.3ClH.Zr/c1-9-8-12(4,13(5,6)7)11(3)10(9)2;;;;/h1-7H3;3*1H;/q;;;;+3/p-3. The van der Waals surface area contributed by atoms with Crippen molar-refractivity contribution in [2.45, 2.75) is 52.4 Å². The van der Waals surface area contributed by atoms with Crippen molar-refractivity contribution in [2.24, 2.45) is 0 Å². The fourth-order valence-corrected chi connectivity index (χ4v) is 8.28. The smallest absolute Gasteiger partial charge is 1.00 e. The monoisotopic (exact) mass is 388 g/mol. The van der Waals surface area contributed by atoms with E-state index in [1.807, 2.05) is 0 Å². The maximum Gasteiger partial charge on any atom is -1.00 e. The van der Waals surface area contributed by atoms with Crippen molar-refractivity contribution < 1.29 is 61.9 Å². The third-order valence-corrected chi connectivity index (χ3v) is 10.6. The number of halogens is 3. The van der Waals surface area contributed by atoms with Gasteiger partial charge in [-0.3, -0.25) is 0 Å². The molecule has 0 aromatic carbocycles. The summed E-state index contributed by atoms with van der Waals surface area (Å²) >= 11 is 1.61. The van der Waals surface area contributed by atoms with Crippen LogP contribution in [0.5, 0.6) is 0 Å². The molecule has 1 aliphatic carbocycles. The first-order valence-corrected chi connectivity index (χ1v) is 9.98. The van der Waals surface area contributed by atoms with Gasteiger partial charge in [0.25, 0.3) is 0 Å².